The summed E-state index contributed by atoms with van der Waals surface area (Å²) in [4.78, 5) is 11.7. The maximum Gasteiger partial charge on any atom is 0.224 e. The molecule has 0 saturated carbocycles. The number of nitrogens with zero attached hydrogens (tertiary/aromatic N) is 1. The number of carbonyl (C=O) groups is 1. The number of amidine groups is 1. The molecule has 0 aromatic heterocycles. The lowest BCUT2D eigenvalue weighted by atomic mass is 10.2. The first-order valence-electron chi connectivity index (χ1n) is 6.72. The van der Waals surface area contributed by atoms with Crippen molar-refractivity contribution in [2.24, 2.45) is 10.9 Å². The van der Waals surface area contributed by atoms with Gasteiger partial charge in [0.05, 0.1) is 0 Å². The highest BCUT2D eigenvalue weighted by atomic mass is 16.5. The van der Waals surface area contributed by atoms with Crippen LogP contribution in [-0.2, 0) is 9.53 Å². The molecule has 0 heterocycles. The number of hydrogen-bond donors (Lipinski definition) is 3. The highest BCUT2D eigenvalue weighted by Crippen LogP contribution is 2.17. The van der Waals surface area contributed by atoms with Gasteiger partial charge in [-0.25, -0.2) is 0 Å². The fourth-order valence-corrected chi connectivity index (χ4v) is 1.55. The third-order valence-electron chi connectivity index (χ3n) is 2.53. The largest absolute Gasteiger partial charge is 0.485 e. The molecule has 1 aromatic rings. The van der Waals surface area contributed by atoms with E-state index in [-0.39, 0.29) is 18.3 Å². The lowest BCUT2D eigenvalue weighted by Gasteiger charge is -2.08. The van der Waals surface area contributed by atoms with Gasteiger partial charge in [0.2, 0.25) is 5.91 Å². The Kier molecular flexibility index (Phi) is 7.67. The second kappa shape index (κ2) is 9.60. The Labute approximate surface area is 123 Å². The molecule has 0 unspecified atom stereocenters. The number of ether oxygens (including phenoxy) is 2. The van der Waals surface area contributed by atoms with Gasteiger partial charge >= 0.3 is 0 Å². The van der Waals surface area contributed by atoms with E-state index >= 15 is 0 Å². The first-order chi connectivity index (χ1) is 10.2. The summed E-state index contributed by atoms with van der Waals surface area (Å²) >= 11 is 0. The molecule has 0 aliphatic rings. The quantitative estimate of drug-likeness (QED) is 0.211. The zero-order valence-electron chi connectivity index (χ0n) is 12.0. The summed E-state index contributed by atoms with van der Waals surface area (Å²) in [6.45, 7) is 3.12. The fourth-order valence-electron chi connectivity index (χ4n) is 1.55. The van der Waals surface area contributed by atoms with Crippen LogP contribution in [0.4, 0.5) is 5.69 Å². The number of amides is 1. The van der Waals surface area contributed by atoms with E-state index < -0.39 is 0 Å². The highest BCUT2D eigenvalue weighted by molar-refractivity contribution is 5.90. The lowest BCUT2D eigenvalue weighted by molar-refractivity contribution is -0.116. The summed E-state index contributed by atoms with van der Waals surface area (Å²) in [6.07, 6.45) is 1.08. The van der Waals surface area contributed by atoms with Gasteiger partial charge in [-0.1, -0.05) is 11.2 Å². The number of benzene rings is 1. The van der Waals surface area contributed by atoms with Crippen molar-refractivity contribution < 1.29 is 19.5 Å². The molecule has 4 N–H and O–H groups in total. The maximum absolute atomic E-state index is 11.7. The molecule has 0 radical (unpaired) electrons. The van der Waals surface area contributed by atoms with Gasteiger partial charge in [-0.05, 0) is 25.5 Å². The van der Waals surface area contributed by atoms with Crippen LogP contribution in [0.5, 0.6) is 5.75 Å². The topological polar surface area (TPSA) is 106 Å². The third kappa shape index (κ3) is 7.17. The Hall–Kier alpha value is -2.28. The summed E-state index contributed by atoms with van der Waals surface area (Å²) in [6, 6.07) is 6.90. The number of nitrogens with one attached hydrogen (secondary N) is 1. The van der Waals surface area contributed by atoms with Gasteiger partial charge in [0.25, 0.3) is 0 Å². The van der Waals surface area contributed by atoms with Gasteiger partial charge in [-0.2, -0.15) is 0 Å². The molecule has 21 heavy (non-hydrogen) atoms. The first kappa shape index (κ1) is 16.8. The van der Waals surface area contributed by atoms with Gasteiger partial charge in [0, 0.05) is 31.4 Å². The van der Waals surface area contributed by atoms with Gasteiger partial charge in [-0.3, -0.25) is 4.79 Å². The van der Waals surface area contributed by atoms with Crippen LogP contribution in [0.25, 0.3) is 0 Å². The normalized spacial score (nSPS) is 11.2. The molecule has 7 nitrogen and oxygen atoms in total. The van der Waals surface area contributed by atoms with Crippen molar-refractivity contribution in [1.82, 2.24) is 0 Å². The minimum atomic E-state index is -0.0803. The predicted octanol–water partition coefficient (Wildman–Crippen LogP) is 1.57. The molecule has 0 aliphatic carbocycles. The van der Waals surface area contributed by atoms with Crippen molar-refractivity contribution in [1.29, 1.82) is 0 Å². The first-order valence-corrected chi connectivity index (χ1v) is 6.72. The molecule has 1 amide bonds. The van der Waals surface area contributed by atoms with Crippen LogP contribution >= 0.6 is 0 Å². The molecule has 1 aromatic carbocycles. The molecule has 0 atom stereocenters. The monoisotopic (exact) mass is 295 g/mol. The summed E-state index contributed by atoms with van der Waals surface area (Å²) < 4.78 is 10.5. The van der Waals surface area contributed by atoms with Crippen LogP contribution < -0.4 is 15.8 Å². The van der Waals surface area contributed by atoms with E-state index in [2.05, 4.69) is 10.5 Å². The Morgan fingerprint density at radius 2 is 2.29 bits per heavy atom. The zero-order chi connectivity index (χ0) is 15.5. The average molecular weight is 295 g/mol. The van der Waals surface area contributed by atoms with E-state index in [4.69, 9.17) is 20.4 Å². The Morgan fingerprint density at radius 3 is 3.00 bits per heavy atom. The van der Waals surface area contributed by atoms with Crippen LogP contribution in [0.1, 0.15) is 19.8 Å². The van der Waals surface area contributed by atoms with E-state index in [9.17, 15) is 4.79 Å². The van der Waals surface area contributed by atoms with Crippen LogP contribution in [0, 0.1) is 0 Å². The van der Waals surface area contributed by atoms with E-state index in [1.807, 2.05) is 6.92 Å². The minimum Gasteiger partial charge on any atom is -0.485 e. The van der Waals surface area contributed by atoms with E-state index in [0.717, 1.165) is 0 Å². The van der Waals surface area contributed by atoms with Crippen LogP contribution in [0.15, 0.2) is 29.4 Å². The number of hydrogen-bond acceptors (Lipinski definition) is 5. The second-order valence-electron chi connectivity index (χ2n) is 4.26. The molecule has 0 bridgehead atoms. The molecule has 7 heteroatoms. The van der Waals surface area contributed by atoms with Crippen LogP contribution in [0.3, 0.4) is 0 Å². The Morgan fingerprint density at radius 1 is 1.48 bits per heavy atom. The standard InChI is InChI=1S/C14H21N3O4/c1-2-20-8-4-7-14(18)16-11-5-3-6-12(9-11)21-10-13(15)17-19/h3,5-6,9,19H,2,4,7-8,10H2,1H3,(H2,15,17)(H,16,18). The van der Waals surface area contributed by atoms with Crippen LogP contribution in [0.2, 0.25) is 0 Å². The molecular formula is C14H21N3O4. The summed E-state index contributed by atoms with van der Waals surface area (Å²) in [5.74, 6) is 0.414. The van der Waals surface area contributed by atoms with Gasteiger partial charge < -0.3 is 25.7 Å². The maximum atomic E-state index is 11.7. The van der Waals surface area contributed by atoms with Crippen molar-refractivity contribution >= 4 is 17.4 Å². The molecule has 116 valence electrons. The Balaban J connectivity index is 2.43. The highest BCUT2D eigenvalue weighted by Gasteiger charge is 2.04. The third-order valence-corrected chi connectivity index (χ3v) is 2.53. The molecule has 1 rings (SSSR count). The number of anilines is 1. The summed E-state index contributed by atoms with van der Waals surface area (Å²) in [7, 11) is 0. The smallest absolute Gasteiger partial charge is 0.224 e. The van der Waals surface area contributed by atoms with Crippen molar-refractivity contribution in [3.8, 4) is 5.75 Å². The zero-order valence-corrected chi connectivity index (χ0v) is 12.0. The summed E-state index contributed by atoms with van der Waals surface area (Å²) in [5, 5.41) is 14.0. The lowest BCUT2D eigenvalue weighted by Crippen LogP contribution is -2.20. The number of rotatable bonds is 9. The summed E-state index contributed by atoms with van der Waals surface area (Å²) in [5.41, 5.74) is 5.95. The van der Waals surface area contributed by atoms with Crippen molar-refractivity contribution in [3.05, 3.63) is 24.3 Å². The van der Waals surface area contributed by atoms with Crippen molar-refractivity contribution in [2.45, 2.75) is 19.8 Å². The van der Waals surface area contributed by atoms with Gasteiger partial charge in [-0.15, -0.1) is 0 Å². The van der Waals surface area contributed by atoms with Crippen LogP contribution in [-0.4, -0.2) is 36.8 Å². The van der Waals surface area contributed by atoms with E-state index in [1.54, 1.807) is 24.3 Å². The van der Waals surface area contributed by atoms with Crippen molar-refractivity contribution in [3.63, 3.8) is 0 Å². The molecular weight excluding hydrogens is 274 g/mol. The van der Waals surface area contributed by atoms with Crippen molar-refractivity contribution in [2.75, 3.05) is 25.1 Å². The predicted molar refractivity (Wildman–Crippen MR) is 79.7 cm³/mol. The minimum absolute atomic E-state index is 0.0255. The number of oxime groups is 1. The van der Waals surface area contributed by atoms with E-state index in [0.29, 0.717) is 37.5 Å². The average Bonchev–Trinajstić information content (AvgIpc) is 2.49. The SMILES string of the molecule is CCOCCCC(=O)Nc1cccc(OC/C(N)=N/O)c1. The Bertz CT molecular complexity index is 477. The number of carbonyl (C=O) groups excluding carboxylic acids is 1. The second-order valence-corrected chi connectivity index (χ2v) is 4.26. The molecule has 0 spiro atoms. The fraction of sp³-hybridized carbons (Fsp3) is 0.429. The number of nitrogens with two attached hydrogens (primary N) is 1. The molecule has 0 saturated heterocycles. The molecule has 0 fully saturated rings. The van der Waals surface area contributed by atoms with Gasteiger partial charge in [0.15, 0.2) is 5.84 Å². The van der Waals surface area contributed by atoms with E-state index in [1.165, 1.54) is 0 Å². The van der Waals surface area contributed by atoms with Gasteiger partial charge in [0.1, 0.15) is 12.4 Å². The molecule has 0 aliphatic heterocycles.